The van der Waals surface area contributed by atoms with Crippen molar-refractivity contribution in [1.82, 2.24) is 20.3 Å². The Kier molecular flexibility index (Phi) is 4.66. The molecule has 2 N–H and O–H groups in total. The highest BCUT2D eigenvalue weighted by atomic mass is 32.1. The summed E-state index contributed by atoms with van der Waals surface area (Å²) in [6.07, 6.45) is 1.20. The van der Waals surface area contributed by atoms with Crippen LogP contribution >= 0.6 is 11.3 Å². The van der Waals surface area contributed by atoms with Gasteiger partial charge in [-0.2, -0.15) is 0 Å². The molecule has 0 aliphatic rings. The number of hydrogen-bond acceptors (Lipinski definition) is 6. The molecule has 3 aromatic rings. The Morgan fingerprint density at radius 2 is 2.12 bits per heavy atom. The second-order valence-corrected chi connectivity index (χ2v) is 5.71. The molecule has 2 heterocycles. The van der Waals surface area contributed by atoms with Crippen LogP contribution in [-0.2, 0) is 6.54 Å². The zero-order valence-electron chi connectivity index (χ0n) is 12.8. The molecule has 0 aliphatic heterocycles. The van der Waals surface area contributed by atoms with Crippen LogP contribution in [0.25, 0.3) is 10.6 Å². The van der Waals surface area contributed by atoms with Crippen LogP contribution in [0.15, 0.2) is 46.8 Å². The number of nitrogens with zero attached hydrogens (tertiary/aromatic N) is 2. The van der Waals surface area contributed by atoms with Gasteiger partial charge in [-0.05, 0) is 24.3 Å². The van der Waals surface area contributed by atoms with Gasteiger partial charge in [0.05, 0.1) is 25.7 Å². The van der Waals surface area contributed by atoms with E-state index in [0.717, 1.165) is 28.1 Å². The van der Waals surface area contributed by atoms with E-state index in [4.69, 9.17) is 4.74 Å². The number of nitrogens with one attached hydrogen (secondary N) is 2. The number of rotatable bonds is 5. The summed E-state index contributed by atoms with van der Waals surface area (Å²) in [6.45, 7) is 0.264. The molecule has 1 amide bonds. The van der Waals surface area contributed by atoms with E-state index in [0.29, 0.717) is 0 Å². The predicted molar refractivity (Wildman–Crippen MR) is 90.1 cm³/mol. The van der Waals surface area contributed by atoms with Crippen LogP contribution in [0.2, 0.25) is 0 Å². The summed E-state index contributed by atoms with van der Waals surface area (Å²) >= 11 is 1.49. The van der Waals surface area contributed by atoms with Crippen molar-refractivity contribution in [2.24, 2.45) is 0 Å². The summed E-state index contributed by atoms with van der Waals surface area (Å²) in [6, 6.07) is 8.76. The zero-order valence-corrected chi connectivity index (χ0v) is 13.6. The molecule has 2 aromatic heterocycles. The first-order valence-electron chi connectivity index (χ1n) is 7.07. The van der Waals surface area contributed by atoms with Crippen molar-refractivity contribution in [1.29, 1.82) is 0 Å². The molecule has 122 valence electrons. The van der Waals surface area contributed by atoms with E-state index in [-0.39, 0.29) is 17.8 Å². The fourth-order valence-corrected chi connectivity index (χ4v) is 2.83. The Morgan fingerprint density at radius 3 is 2.83 bits per heavy atom. The number of methoxy groups -OCH3 is 1. The summed E-state index contributed by atoms with van der Waals surface area (Å²) in [7, 11) is 1.62. The molecule has 0 bridgehead atoms. The molecule has 7 nitrogen and oxygen atoms in total. The SMILES string of the molecule is COc1ccc(-c2nc(CNC(=O)c3cc(=O)[nH]cn3)cs2)cc1. The zero-order chi connectivity index (χ0) is 16.9. The maximum atomic E-state index is 12.0. The number of aromatic nitrogens is 3. The lowest BCUT2D eigenvalue weighted by Crippen LogP contribution is -2.25. The van der Waals surface area contributed by atoms with Crippen LogP contribution in [0.5, 0.6) is 5.75 Å². The maximum absolute atomic E-state index is 12.0. The van der Waals surface area contributed by atoms with Gasteiger partial charge in [0, 0.05) is 17.0 Å². The van der Waals surface area contributed by atoms with Gasteiger partial charge >= 0.3 is 0 Å². The van der Waals surface area contributed by atoms with Gasteiger partial charge in [0.15, 0.2) is 0 Å². The highest BCUT2D eigenvalue weighted by Crippen LogP contribution is 2.25. The Hall–Kier alpha value is -3.00. The quantitative estimate of drug-likeness (QED) is 0.737. The van der Waals surface area contributed by atoms with E-state index in [9.17, 15) is 9.59 Å². The number of ether oxygens (including phenoxy) is 1. The fraction of sp³-hybridized carbons (Fsp3) is 0.125. The predicted octanol–water partition coefficient (Wildman–Crippen LogP) is 1.83. The molecule has 1 aromatic carbocycles. The molecule has 3 rings (SSSR count). The van der Waals surface area contributed by atoms with E-state index in [2.05, 4.69) is 20.3 Å². The molecule has 0 spiro atoms. The molecule has 0 saturated carbocycles. The third kappa shape index (κ3) is 3.66. The minimum absolute atomic E-state index is 0.0735. The average Bonchev–Trinajstić information content (AvgIpc) is 3.09. The number of benzene rings is 1. The fourth-order valence-electron chi connectivity index (χ4n) is 2.01. The molecule has 24 heavy (non-hydrogen) atoms. The van der Waals surface area contributed by atoms with Crippen LogP contribution < -0.4 is 15.6 Å². The van der Waals surface area contributed by atoms with Gasteiger partial charge in [0.2, 0.25) is 0 Å². The normalized spacial score (nSPS) is 10.4. The Balaban J connectivity index is 1.65. The summed E-state index contributed by atoms with van der Waals surface area (Å²) < 4.78 is 5.13. The lowest BCUT2D eigenvalue weighted by atomic mass is 10.2. The van der Waals surface area contributed by atoms with Crippen molar-refractivity contribution in [2.75, 3.05) is 7.11 Å². The van der Waals surface area contributed by atoms with Gasteiger partial charge in [-0.25, -0.2) is 9.97 Å². The number of H-pyrrole nitrogens is 1. The second kappa shape index (κ2) is 7.05. The Morgan fingerprint density at radius 1 is 1.33 bits per heavy atom. The first kappa shape index (κ1) is 15.9. The lowest BCUT2D eigenvalue weighted by Gasteiger charge is -2.02. The molecule has 0 radical (unpaired) electrons. The number of thiazole rings is 1. The van der Waals surface area contributed by atoms with Crippen molar-refractivity contribution in [2.45, 2.75) is 6.54 Å². The molecule has 0 aliphatic carbocycles. The van der Waals surface area contributed by atoms with Crippen molar-refractivity contribution >= 4 is 17.2 Å². The van der Waals surface area contributed by atoms with Gasteiger partial charge in [0.1, 0.15) is 16.5 Å². The highest BCUT2D eigenvalue weighted by molar-refractivity contribution is 7.13. The van der Waals surface area contributed by atoms with Crippen LogP contribution in [0.1, 0.15) is 16.2 Å². The van der Waals surface area contributed by atoms with Gasteiger partial charge < -0.3 is 15.0 Å². The highest BCUT2D eigenvalue weighted by Gasteiger charge is 2.09. The van der Waals surface area contributed by atoms with Gasteiger partial charge in [-0.15, -0.1) is 11.3 Å². The lowest BCUT2D eigenvalue weighted by molar-refractivity contribution is 0.0945. The van der Waals surface area contributed by atoms with Gasteiger partial charge in [-0.1, -0.05) is 0 Å². The van der Waals surface area contributed by atoms with E-state index in [1.54, 1.807) is 7.11 Å². The smallest absolute Gasteiger partial charge is 0.270 e. The summed E-state index contributed by atoms with van der Waals surface area (Å²) in [4.78, 5) is 33.8. The van der Waals surface area contributed by atoms with Gasteiger partial charge in [-0.3, -0.25) is 9.59 Å². The molecule has 0 fully saturated rings. The molecule has 0 saturated heterocycles. The minimum atomic E-state index is -0.417. The summed E-state index contributed by atoms with van der Waals surface area (Å²) in [5.41, 5.74) is 1.42. The first-order chi connectivity index (χ1) is 11.7. The largest absolute Gasteiger partial charge is 0.497 e. The standard InChI is InChI=1S/C16H14N4O3S/c1-23-12-4-2-10(3-5-12)16-20-11(8-24-16)7-17-15(22)13-6-14(21)19-9-18-13/h2-6,8-9H,7H2,1H3,(H,17,22)(H,18,19,21). The van der Waals surface area contributed by atoms with Crippen LogP contribution in [0, 0.1) is 0 Å². The van der Waals surface area contributed by atoms with E-state index in [1.807, 2.05) is 29.6 Å². The minimum Gasteiger partial charge on any atom is -0.497 e. The number of amides is 1. The summed E-state index contributed by atoms with van der Waals surface area (Å²) in [5, 5.41) is 5.43. The summed E-state index contributed by atoms with van der Waals surface area (Å²) in [5.74, 6) is 0.369. The second-order valence-electron chi connectivity index (χ2n) is 4.85. The Bertz CT molecular complexity index is 902. The number of carbonyl (C=O) groups excluding carboxylic acids is 1. The van der Waals surface area contributed by atoms with Crippen molar-refractivity contribution in [3.05, 3.63) is 63.8 Å². The van der Waals surface area contributed by atoms with E-state index >= 15 is 0 Å². The number of aromatic amines is 1. The van der Waals surface area contributed by atoms with Crippen LogP contribution in [0.3, 0.4) is 0 Å². The molecule has 0 atom stereocenters. The topological polar surface area (TPSA) is 97.0 Å². The average molecular weight is 342 g/mol. The Labute approximate surface area is 141 Å². The third-order valence-electron chi connectivity index (χ3n) is 3.23. The molecule has 0 unspecified atom stereocenters. The first-order valence-corrected chi connectivity index (χ1v) is 7.95. The van der Waals surface area contributed by atoms with E-state index < -0.39 is 5.91 Å². The number of hydrogen-bond donors (Lipinski definition) is 2. The van der Waals surface area contributed by atoms with Crippen molar-refractivity contribution in [3.63, 3.8) is 0 Å². The van der Waals surface area contributed by atoms with Crippen molar-refractivity contribution < 1.29 is 9.53 Å². The molecule has 8 heteroatoms. The molecular weight excluding hydrogens is 328 g/mol. The van der Waals surface area contributed by atoms with Crippen LogP contribution in [-0.4, -0.2) is 28.0 Å². The molecular formula is C16H14N4O3S. The third-order valence-corrected chi connectivity index (χ3v) is 4.17. The monoisotopic (exact) mass is 342 g/mol. The number of carbonyl (C=O) groups is 1. The van der Waals surface area contributed by atoms with Crippen molar-refractivity contribution in [3.8, 4) is 16.3 Å². The van der Waals surface area contributed by atoms with Crippen LogP contribution in [0.4, 0.5) is 0 Å². The van der Waals surface area contributed by atoms with E-state index in [1.165, 1.54) is 17.7 Å². The van der Waals surface area contributed by atoms with Gasteiger partial charge in [0.25, 0.3) is 11.5 Å². The maximum Gasteiger partial charge on any atom is 0.270 e.